The van der Waals surface area contributed by atoms with Crippen molar-refractivity contribution in [2.75, 3.05) is 9.80 Å². The number of para-hydroxylation sites is 1. The van der Waals surface area contributed by atoms with Gasteiger partial charge in [-0.3, -0.25) is 0 Å². The SMILES string of the molecule is c1ccc(-c2ccc(N(c3ccc(-c4ccccc4)cc3)c3ccc(N4c5ccccc5-c5cccc6cccc4c56)cc3)cc2)cc1. The van der Waals surface area contributed by atoms with Crippen LogP contribution in [0.15, 0.2) is 194 Å². The van der Waals surface area contributed by atoms with Crippen molar-refractivity contribution < 1.29 is 0 Å². The smallest absolute Gasteiger partial charge is 0.0546 e. The molecule has 9 rings (SSSR count). The van der Waals surface area contributed by atoms with E-state index < -0.39 is 0 Å². The highest BCUT2D eigenvalue weighted by atomic mass is 15.2. The molecule has 0 N–H and O–H groups in total. The second-order valence-electron chi connectivity index (χ2n) is 12.2. The highest BCUT2D eigenvalue weighted by Gasteiger charge is 2.25. The minimum absolute atomic E-state index is 1.10. The lowest BCUT2D eigenvalue weighted by molar-refractivity contribution is 1.26. The third-order valence-corrected chi connectivity index (χ3v) is 9.39. The first-order valence-corrected chi connectivity index (χ1v) is 16.4. The third kappa shape index (κ3) is 4.83. The number of hydrogen-bond donors (Lipinski definition) is 0. The number of anilines is 6. The zero-order valence-corrected chi connectivity index (χ0v) is 26.4. The van der Waals surface area contributed by atoms with Gasteiger partial charge in [-0.05, 0) is 93.9 Å². The van der Waals surface area contributed by atoms with Crippen LogP contribution in [0.1, 0.15) is 0 Å². The third-order valence-electron chi connectivity index (χ3n) is 9.39. The predicted octanol–water partition coefficient (Wildman–Crippen LogP) is 13.1. The van der Waals surface area contributed by atoms with Crippen LogP contribution >= 0.6 is 0 Å². The van der Waals surface area contributed by atoms with Crippen molar-refractivity contribution in [2.45, 2.75) is 0 Å². The lowest BCUT2D eigenvalue weighted by Gasteiger charge is -2.34. The molecule has 0 saturated carbocycles. The second kappa shape index (κ2) is 11.8. The molecule has 226 valence electrons. The zero-order chi connectivity index (χ0) is 31.9. The topological polar surface area (TPSA) is 6.48 Å². The molecule has 0 radical (unpaired) electrons. The van der Waals surface area contributed by atoms with Crippen LogP contribution < -0.4 is 9.80 Å². The fourth-order valence-corrected chi connectivity index (χ4v) is 7.10. The molecule has 0 spiro atoms. The van der Waals surface area contributed by atoms with E-state index >= 15 is 0 Å². The zero-order valence-electron chi connectivity index (χ0n) is 26.4. The molecular formula is C46H32N2. The number of rotatable bonds is 6. The molecular weight excluding hydrogens is 581 g/mol. The molecule has 48 heavy (non-hydrogen) atoms. The van der Waals surface area contributed by atoms with Crippen molar-refractivity contribution in [1.29, 1.82) is 0 Å². The number of fused-ring (bicyclic) bond motifs is 2. The van der Waals surface area contributed by atoms with E-state index in [4.69, 9.17) is 0 Å². The first kappa shape index (κ1) is 27.9. The van der Waals surface area contributed by atoms with E-state index in [1.807, 2.05) is 0 Å². The van der Waals surface area contributed by atoms with Crippen molar-refractivity contribution in [3.63, 3.8) is 0 Å². The molecule has 0 fully saturated rings. The summed E-state index contributed by atoms with van der Waals surface area (Å²) in [6.45, 7) is 0. The summed E-state index contributed by atoms with van der Waals surface area (Å²) >= 11 is 0. The Balaban J connectivity index is 1.14. The predicted molar refractivity (Wildman–Crippen MR) is 203 cm³/mol. The van der Waals surface area contributed by atoms with Gasteiger partial charge in [-0.15, -0.1) is 0 Å². The van der Waals surface area contributed by atoms with Crippen LogP contribution in [0.2, 0.25) is 0 Å². The summed E-state index contributed by atoms with van der Waals surface area (Å²) in [5, 5.41) is 2.55. The van der Waals surface area contributed by atoms with E-state index in [1.54, 1.807) is 0 Å². The number of benzene rings is 8. The van der Waals surface area contributed by atoms with Gasteiger partial charge in [-0.2, -0.15) is 0 Å². The summed E-state index contributed by atoms with van der Waals surface area (Å²) in [7, 11) is 0. The quantitative estimate of drug-likeness (QED) is 0.184. The molecule has 1 heterocycles. The standard InChI is InChI=1S/C46H32N2/c1-3-11-33(12-4-1)35-21-25-38(26-22-35)47(39-27-23-36(24-28-39)34-13-5-2-6-14-34)40-29-31-41(32-30-40)48-44-19-8-7-17-42(44)43-18-9-15-37-16-10-20-45(48)46(37)43/h1-32H. The Kier molecular flexibility index (Phi) is 6.84. The molecule has 0 aliphatic carbocycles. The Morgan fingerprint density at radius 1 is 0.312 bits per heavy atom. The van der Waals surface area contributed by atoms with E-state index in [1.165, 1.54) is 55.5 Å². The van der Waals surface area contributed by atoms with E-state index in [0.717, 1.165) is 22.7 Å². The molecule has 8 aromatic rings. The maximum atomic E-state index is 2.40. The highest BCUT2D eigenvalue weighted by Crippen LogP contribution is 2.51. The van der Waals surface area contributed by atoms with Gasteiger partial charge in [0.2, 0.25) is 0 Å². The van der Waals surface area contributed by atoms with Crippen LogP contribution in [0.5, 0.6) is 0 Å². The van der Waals surface area contributed by atoms with Gasteiger partial charge in [0.1, 0.15) is 0 Å². The molecule has 1 aliphatic heterocycles. The van der Waals surface area contributed by atoms with Crippen molar-refractivity contribution in [2.24, 2.45) is 0 Å². The molecule has 2 nitrogen and oxygen atoms in total. The molecule has 0 amide bonds. The maximum absolute atomic E-state index is 2.40. The molecule has 0 bridgehead atoms. The minimum Gasteiger partial charge on any atom is -0.311 e. The lowest BCUT2D eigenvalue weighted by atomic mass is 9.91. The van der Waals surface area contributed by atoms with Gasteiger partial charge in [-0.25, -0.2) is 0 Å². The van der Waals surface area contributed by atoms with Gasteiger partial charge in [0, 0.05) is 33.7 Å². The van der Waals surface area contributed by atoms with Gasteiger partial charge in [-0.1, -0.05) is 133 Å². The molecule has 2 heteroatoms. The lowest BCUT2D eigenvalue weighted by Crippen LogP contribution is -2.15. The van der Waals surface area contributed by atoms with Crippen LogP contribution in [0.3, 0.4) is 0 Å². The molecule has 8 aromatic carbocycles. The first-order valence-electron chi connectivity index (χ1n) is 16.4. The molecule has 0 unspecified atom stereocenters. The average Bonchev–Trinajstić information content (AvgIpc) is 3.17. The Hall–Kier alpha value is -6.38. The average molecular weight is 613 g/mol. The Morgan fingerprint density at radius 3 is 1.33 bits per heavy atom. The summed E-state index contributed by atoms with van der Waals surface area (Å²) in [5.41, 5.74) is 14.2. The van der Waals surface area contributed by atoms with E-state index in [-0.39, 0.29) is 0 Å². The Morgan fingerprint density at radius 2 is 0.750 bits per heavy atom. The molecule has 0 saturated heterocycles. The fourth-order valence-electron chi connectivity index (χ4n) is 7.10. The van der Waals surface area contributed by atoms with Crippen LogP contribution in [0.25, 0.3) is 44.2 Å². The van der Waals surface area contributed by atoms with E-state index in [9.17, 15) is 0 Å². The molecule has 0 aromatic heterocycles. The van der Waals surface area contributed by atoms with Gasteiger partial charge in [0.05, 0.1) is 11.4 Å². The van der Waals surface area contributed by atoms with E-state index in [0.29, 0.717) is 0 Å². The summed E-state index contributed by atoms with van der Waals surface area (Å²) in [4.78, 5) is 4.75. The van der Waals surface area contributed by atoms with Gasteiger partial charge in [0.25, 0.3) is 0 Å². The van der Waals surface area contributed by atoms with Crippen molar-refractivity contribution in [1.82, 2.24) is 0 Å². The summed E-state index contributed by atoms with van der Waals surface area (Å²) in [5.74, 6) is 0. The van der Waals surface area contributed by atoms with Gasteiger partial charge >= 0.3 is 0 Å². The van der Waals surface area contributed by atoms with Gasteiger partial charge in [0.15, 0.2) is 0 Å². The van der Waals surface area contributed by atoms with Crippen LogP contribution in [-0.4, -0.2) is 0 Å². The van der Waals surface area contributed by atoms with Crippen LogP contribution in [-0.2, 0) is 0 Å². The van der Waals surface area contributed by atoms with Crippen molar-refractivity contribution >= 4 is 44.9 Å². The van der Waals surface area contributed by atoms with Crippen molar-refractivity contribution in [3.8, 4) is 33.4 Å². The maximum Gasteiger partial charge on any atom is 0.0546 e. The number of nitrogens with zero attached hydrogens (tertiary/aromatic N) is 2. The monoisotopic (exact) mass is 612 g/mol. The largest absolute Gasteiger partial charge is 0.311 e. The van der Waals surface area contributed by atoms with Crippen LogP contribution in [0.4, 0.5) is 34.1 Å². The highest BCUT2D eigenvalue weighted by molar-refractivity contribution is 6.13. The molecule has 0 atom stereocenters. The Labute approximate surface area is 281 Å². The number of hydrogen-bond acceptors (Lipinski definition) is 2. The van der Waals surface area contributed by atoms with Gasteiger partial charge < -0.3 is 9.80 Å². The normalized spacial score (nSPS) is 11.7. The summed E-state index contributed by atoms with van der Waals surface area (Å²) in [6.07, 6.45) is 0. The Bertz CT molecular complexity index is 2270. The second-order valence-corrected chi connectivity index (χ2v) is 12.2. The van der Waals surface area contributed by atoms with Crippen molar-refractivity contribution in [3.05, 3.63) is 194 Å². The molecule has 1 aliphatic rings. The first-order chi connectivity index (χ1) is 23.8. The van der Waals surface area contributed by atoms with E-state index in [2.05, 4.69) is 204 Å². The summed E-state index contributed by atoms with van der Waals surface area (Å²) < 4.78 is 0. The fraction of sp³-hybridized carbons (Fsp3) is 0. The van der Waals surface area contributed by atoms with Crippen LogP contribution in [0, 0.1) is 0 Å². The summed E-state index contributed by atoms with van der Waals surface area (Å²) in [6, 6.07) is 69.8. The minimum atomic E-state index is 1.10.